The molecule has 0 unspecified atom stereocenters. The number of likely N-dealkylation sites (N-methyl/N-ethyl adjacent to an activating group) is 1. The molecule has 1 aliphatic carbocycles. The van der Waals surface area contributed by atoms with Gasteiger partial charge in [-0.25, -0.2) is 4.98 Å². The minimum absolute atomic E-state index is 0.299. The van der Waals surface area contributed by atoms with Crippen LogP contribution < -0.4 is 16.0 Å². The molecule has 2 aromatic rings. The Morgan fingerprint density at radius 3 is 2.70 bits per heavy atom. The molecule has 7 heteroatoms. The van der Waals surface area contributed by atoms with Gasteiger partial charge in [0, 0.05) is 61.9 Å². The Morgan fingerprint density at radius 2 is 2.00 bits per heavy atom. The number of anilines is 1. The first-order chi connectivity index (χ1) is 13.1. The molecule has 27 heavy (non-hydrogen) atoms. The van der Waals surface area contributed by atoms with Gasteiger partial charge in [0.05, 0.1) is 22.9 Å². The SMILES string of the molecule is CN1CCN(c2ccc3ncc(/C(C=N)=C/NC4CC(N)C4)nc3c2)CC1. The van der Waals surface area contributed by atoms with Gasteiger partial charge in [0.2, 0.25) is 0 Å². The van der Waals surface area contributed by atoms with E-state index in [1.807, 2.05) is 12.3 Å². The second kappa shape index (κ2) is 7.62. The van der Waals surface area contributed by atoms with Crippen LogP contribution >= 0.6 is 0 Å². The van der Waals surface area contributed by atoms with Crippen molar-refractivity contribution in [3.05, 3.63) is 36.3 Å². The highest BCUT2D eigenvalue weighted by molar-refractivity contribution is 6.07. The van der Waals surface area contributed by atoms with Crippen LogP contribution in [0.1, 0.15) is 18.5 Å². The summed E-state index contributed by atoms with van der Waals surface area (Å²) in [6, 6.07) is 6.95. The van der Waals surface area contributed by atoms with E-state index in [2.05, 4.69) is 39.3 Å². The molecule has 142 valence electrons. The molecule has 0 radical (unpaired) electrons. The number of nitrogens with zero attached hydrogens (tertiary/aromatic N) is 4. The Labute approximate surface area is 159 Å². The normalized spacial score (nSPS) is 23.9. The van der Waals surface area contributed by atoms with Gasteiger partial charge in [-0.15, -0.1) is 0 Å². The number of hydrogen-bond donors (Lipinski definition) is 3. The van der Waals surface area contributed by atoms with E-state index < -0.39 is 0 Å². The summed E-state index contributed by atoms with van der Waals surface area (Å²) in [6.45, 7) is 4.18. The van der Waals surface area contributed by atoms with Crippen molar-refractivity contribution in [3.63, 3.8) is 0 Å². The van der Waals surface area contributed by atoms with Crippen LogP contribution in [-0.2, 0) is 0 Å². The molecule has 4 rings (SSSR count). The van der Waals surface area contributed by atoms with Gasteiger partial charge in [-0.1, -0.05) is 0 Å². The third kappa shape index (κ3) is 3.94. The summed E-state index contributed by atoms with van der Waals surface area (Å²) < 4.78 is 0. The molecule has 2 heterocycles. The summed E-state index contributed by atoms with van der Waals surface area (Å²) in [6.07, 6.45) is 6.87. The summed E-state index contributed by atoms with van der Waals surface area (Å²) in [7, 11) is 2.16. The number of hydrogen-bond acceptors (Lipinski definition) is 7. The lowest BCUT2D eigenvalue weighted by Gasteiger charge is -2.34. The second-order valence-corrected chi connectivity index (χ2v) is 7.56. The fraction of sp³-hybridized carbons (Fsp3) is 0.450. The van der Waals surface area contributed by atoms with Crippen LogP contribution in [0, 0.1) is 5.41 Å². The number of rotatable bonds is 5. The molecule has 2 fully saturated rings. The van der Waals surface area contributed by atoms with Crippen LogP contribution in [0.25, 0.3) is 16.6 Å². The van der Waals surface area contributed by atoms with E-state index in [-0.39, 0.29) is 0 Å². The minimum atomic E-state index is 0.299. The topological polar surface area (TPSA) is 94.2 Å². The van der Waals surface area contributed by atoms with E-state index in [4.69, 9.17) is 16.1 Å². The first kappa shape index (κ1) is 17.9. The standard InChI is InChI=1S/C20H27N7/c1-26-4-6-27(7-5-26)17-2-3-18-19(10-17)25-20(13-24-18)14(11-21)12-23-16-8-15(22)9-16/h2-3,10-13,15-16,21,23H,4-9,22H2,1H3/b14-12+,21-11?. The van der Waals surface area contributed by atoms with Crippen molar-refractivity contribution in [2.75, 3.05) is 38.1 Å². The van der Waals surface area contributed by atoms with Crippen LogP contribution in [0.3, 0.4) is 0 Å². The van der Waals surface area contributed by atoms with E-state index in [0.29, 0.717) is 17.8 Å². The first-order valence-corrected chi connectivity index (χ1v) is 9.55. The summed E-state index contributed by atoms with van der Waals surface area (Å²) in [5, 5.41) is 11.1. The molecule has 1 saturated heterocycles. The van der Waals surface area contributed by atoms with Gasteiger partial charge in [-0.2, -0.15) is 0 Å². The van der Waals surface area contributed by atoms with Gasteiger partial charge in [0.15, 0.2) is 0 Å². The number of piperazine rings is 1. The average Bonchev–Trinajstić information content (AvgIpc) is 2.67. The molecule has 2 aliphatic rings. The zero-order valence-corrected chi connectivity index (χ0v) is 15.7. The maximum Gasteiger partial charge on any atom is 0.0922 e. The highest BCUT2D eigenvalue weighted by Gasteiger charge is 2.24. The van der Waals surface area contributed by atoms with Gasteiger partial charge < -0.3 is 26.3 Å². The summed E-state index contributed by atoms with van der Waals surface area (Å²) >= 11 is 0. The van der Waals surface area contributed by atoms with Gasteiger partial charge in [-0.05, 0) is 38.1 Å². The highest BCUT2D eigenvalue weighted by Crippen LogP contribution is 2.23. The van der Waals surface area contributed by atoms with Crippen molar-refractivity contribution >= 4 is 28.5 Å². The summed E-state index contributed by atoms with van der Waals surface area (Å²) in [5.74, 6) is 0. The Kier molecular flexibility index (Phi) is 5.05. The van der Waals surface area contributed by atoms with E-state index in [1.54, 1.807) is 6.20 Å². The lowest BCUT2D eigenvalue weighted by Crippen LogP contribution is -2.46. The van der Waals surface area contributed by atoms with Crippen LogP contribution in [0.5, 0.6) is 0 Å². The summed E-state index contributed by atoms with van der Waals surface area (Å²) in [5.41, 5.74) is 10.2. The van der Waals surface area contributed by atoms with Crippen molar-refractivity contribution < 1.29 is 0 Å². The maximum absolute atomic E-state index is 7.75. The molecule has 1 aromatic carbocycles. The molecular formula is C20H27N7. The molecule has 7 nitrogen and oxygen atoms in total. The number of benzene rings is 1. The Balaban J connectivity index is 1.56. The molecule has 1 saturated carbocycles. The summed E-state index contributed by atoms with van der Waals surface area (Å²) in [4.78, 5) is 14.0. The molecule has 0 atom stereocenters. The van der Waals surface area contributed by atoms with Crippen LogP contribution in [0.4, 0.5) is 5.69 Å². The largest absolute Gasteiger partial charge is 0.387 e. The van der Waals surface area contributed by atoms with Crippen molar-refractivity contribution in [1.29, 1.82) is 5.41 Å². The fourth-order valence-electron chi connectivity index (χ4n) is 3.60. The van der Waals surface area contributed by atoms with E-state index in [0.717, 1.165) is 55.6 Å². The Morgan fingerprint density at radius 1 is 1.22 bits per heavy atom. The van der Waals surface area contributed by atoms with Crippen molar-refractivity contribution in [2.24, 2.45) is 5.73 Å². The highest BCUT2D eigenvalue weighted by atomic mass is 15.2. The van der Waals surface area contributed by atoms with Crippen molar-refractivity contribution in [1.82, 2.24) is 20.2 Å². The van der Waals surface area contributed by atoms with Crippen LogP contribution in [0.15, 0.2) is 30.6 Å². The molecule has 1 aliphatic heterocycles. The molecular weight excluding hydrogens is 338 g/mol. The average molecular weight is 365 g/mol. The molecule has 0 spiro atoms. The van der Waals surface area contributed by atoms with Gasteiger partial charge in [0.25, 0.3) is 0 Å². The molecule has 0 bridgehead atoms. The maximum atomic E-state index is 7.75. The number of fused-ring (bicyclic) bond motifs is 1. The molecule has 0 amide bonds. The Hall–Kier alpha value is -2.51. The quantitative estimate of drug-likeness (QED) is 0.695. The smallest absolute Gasteiger partial charge is 0.0922 e. The molecule has 1 aromatic heterocycles. The fourth-order valence-corrected chi connectivity index (χ4v) is 3.60. The van der Waals surface area contributed by atoms with Gasteiger partial charge >= 0.3 is 0 Å². The van der Waals surface area contributed by atoms with E-state index >= 15 is 0 Å². The zero-order chi connectivity index (χ0) is 18.8. The van der Waals surface area contributed by atoms with E-state index in [1.165, 1.54) is 11.9 Å². The number of aromatic nitrogens is 2. The van der Waals surface area contributed by atoms with Crippen LogP contribution in [-0.4, -0.2) is 66.4 Å². The predicted octanol–water partition coefficient (Wildman–Crippen LogP) is 1.45. The zero-order valence-electron chi connectivity index (χ0n) is 15.7. The molecule has 4 N–H and O–H groups in total. The number of nitrogens with two attached hydrogens (primary N) is 1. The number of nitrogens with one attached hydrogen (secondary N) is 2. The monoisotopic (exact) mass is 365 g/mol. The second-order valence-electron chi connectivity index (χ2n) is 7.56. The number of allylic oxidation sites excluding steroid dienone is 1. The lowest BCUT2D eigenvalue weighted by atomic mass is 9.88. The van der Waals surface area contributed by atoms with E-state index in [9.17, 15) is 0 Å². The predicted molar refractivity (Wildman–Crippen MR) is 110 cm³/mol. The van der Waals surface area contributed by atoms with Gasteiger partial charge in [-0.3, -0.25) is 4.98 Å². The van der Waals surface area contributed by atoms with Crippen molar-refractivity contribution in [3.8, 4) is 0 Å². The first-order valence-electron chi connectivity index (χ1n) is 9.55. The minimum Gasteiger partial charge on any atom is -0.387 e. The van der Waals surface area contributed by atoms with Gasteiger partial charge in [0.1, 0.15) is 0 Å². The third-order valence-corrected chi connectivity index (χ3v) is 5.49. The Bertz CT molecular complexity index is 849. The lowest BCUT2D eigenvalue weighted by molar-refractivity contribution is 0.313. The third-order valence-electron chi connectivity index (χ3n) is 5.49. The van der Waals surface area contributed by atoms with Crippen molar-refractivity contribution in [2.45, 2.75) is 24.9 Å². The van der Waals surface area contributed by atoms with Crippen LogP contribution in [0.2, 0.25) is 0 Å².